The van der Waals surface area contributed by atoms with Crippen molar-refractivity contribution in [3.8, 4) is 5.75 Å². The molecule has 3 heteroatoms. The third-order valence-corrected chi connectivity index (χ3v) is 2.80. The van der Waals surface area contributed by atoms with Gasteiger partial charge in [0.15, 0.2) is 0 Å². The van der Waals surface area contributed by atoms with E-state index >= 15 is 0 Å². The predicted molar refractivity (Wildman–Crippen MR) is 69.1 cm³/mol. The highest BCUT2D eigenvalue weighted by Crippen LogP contribution is 2.32. The minimum atomic E-state index is -0.414. The molecule has 0 saturated carbocycles. The molecule has 0 bridgehead atoms. The van der Waals surface area contributed by atoms with E-state index < -0.39 is 6.04 Å². The zero-order valence-electron chi connectivity index (χ0n) is 9.89. The first-order valence-electron chi connectivity index (χ1n) is 5.78. The summed E-state index contributed by atoms with van der Waals surface area (Å²) >= 11 is 0. The molecule has 0 aliphatic carbocycles. The smallest absolute Gasteiger partial charge is 0.124 e. The van der Waals surface area contributed by atoms with E-state index in [0.29, 0.717) is 6.61 Å². The van der Waals surface area contributed by atoms with Crippen molar-refractivity contribution in [2.75, 3.05) is 13.2 Å². The maximum atomic E-state index is 9.26. The molecular weight excluding hydrogens is 214 g/mol. The Bertz CT molecular complexity index is 511. The third kappa shape index (κ3) is 2.25. The van der Waals surface area contributed by atoms with Crippen LogP contribution in [-0.4, -0.2) is 18.3 Å². The molecule has 3 nitrogen and oxygen atoms in total. The topological polar surface area (TPSA) is 55.5 Å². The largest absolute Gasteiger partial charge is 0.494 e. The molecule has 0 heterocycles. The van der Waals surface area contributed by atoms with E-state index in [2.05, 4.69) is 0 Å². The molecule has 90 valence electrons. The van der Waals surface area contributed by atoms with E-state index in [1.807, 2.05) is 43.3 Å². The Hall–Kier alpha value is -1.58. The average molecular weight is 231 g/mol. The van der Waals surface area contributed by atoms with Gasteiger partial charge < -0.3 is 15.6 Å². The number of aliphatic hydroxyl groups excluding tert-OH is 1. The van der Waals surface area contributed by atoms with Gasteiger partial charge in [-0.2, -0.15) is 0 Å². The normalized spacial score (nSPS) is 12.6. The SMILES string of the molecule is CCOc1ccc2ccccc2c1[C@H](N)CO. The molecule has 0 aliphatic heterocycles. The van der Waals surface area contributed by atoms with Crippen LogP contribution >= 0.6 is 0 Å². The van der Waals surface area contributed by atoms with Crippen LogP contribution in [0.4, 0.5) is 0 Å². The summed E-state index contributed by atoms with van der Waals surface area (Å²) in [6, 6.07) is 11.5. The van der Waals surface area contributed by atoms with Gasteiger partial charge >= 0.3 is 0 Å². The Morgan fingerprint density at radius 3 is 2.71 bits per heavy atom. The molecule has 0 fully saturated rings. The van der Waals surface area contributed by atoms with E-state index in [9.17, 15) is 5.11 Å². The van der Waals surface area contributed by atoms with Crippen LogP contribution < -0.4 is 10.5 Å². The summed E-state index contributed by atoms with van der Waals surface area (Å²) in [7, 11) is 0. The first-order valence-corrected chi connectivity index (χ1v) is 5.78. The van der Waals surface area contributed by atoms with Gasteiger partial charge in [0.25, 0.3) is 0 Å². The fourth-order valence-electron chi connectivity index (χ4n) is 2.03. The van der Waals surface area contributed by atoms with Gasteiger partial charge in [-0.05, 0) is 23.8 Å². The second kappa shape index (κ2) is 5.17. The summed E-state index contributed by atoms with van der Waals surface area (Å²) in [5, 5.41) is 11.4. The number of ether oxygens (including phenoxy) is 1. The highest BCUT2D eigenvalue weighted by Gasteiger charge is 2.14. The van der Waals surface area contributed by atoms with Crippen molar-refractivity contribution < 1.29 is 9.84 Å². The molecule has 0 unspecified atom stereocenters. The van der Waals surface area contributed by atoms with Crippen LogP contribution in [0, 0.1) is 0 Å². The van der Waals surface area contributed by atoms with Crippen LogP contribution in [0.15, 0.2) is 36.4 Å². The van der Waals surface area contributed by atoms with E-state index in [4.69, 9.17) is 10.5 Å². The lowest BCUT2D eigenvalue weighted by atomic mass is 9.98. The van der Waals surface area contributed by atoms with Crippen molar-refractivity contribution in [2.24, 2.45) is 5.73 Å². The Kier molecular flexibility index (Phi) is 3.61. The summed E-state index contributed by atoms with van der Waals surface area (Å²) in [5.74, 6) is 0.757. The van der Waals surface area contributed by atoms with Crippen LogP contribution in [0.25, 0.3) is 10.8 Å². The van der Waals surface area contributed by atoms with Crippen LogP contribution in [-0.2, 0) is 0 Å². The first-order chi connectivity index (χ1) is 8.27. The number of benzene rings is 2. The second-order valence-corrected chi connectivity index (χ2v) is 3.92. The Balaban J connectivity index is 2.65. The Morgan fingerprint density at radius 1 is 1.24 bits per heavy atom. The molecule has 2 rings (SSSR count). The van der Waals surface area contributed by atoms with Crippen molar-refractivity contribution >= 4 is 10.8 Å². The molecule has 0 aromatic heterocycles. The lowest BCUT2D eigenvalue weighted by Gasteiger charge is -2.17. The van der Waals surface area contributed by atoms with Crippen LogP contribution in [0.3, 0.4) is 0 Å². The maximum Gasteiger partial charge on any atom is 0.124 e. The molecule has 17 heavy (non-hydrogen) atoms. The number of nitrogens with two attached hydrogens (primary N) is 1. The highest BCUT2D eigenvalue weighted by atomic mass is 16.5. The summed E-state index contributed by atoms with van der Waals surface area (Å²) in [5.41, 5.74) is 6.84. The van der Waals surface area contributed by atoms with Gasteiger partial charge in [0.05, 0.1) is 19.3 Å². The van der Waals surface area contributed by atoms with Crippen LogP contribution in [0.1, 0.15) is 18.5 Å². The van der Waals surface area contributed by atoms with E-state index in [1.54, 1.807) is 0 Å². The molecule has 0 amide bonds. The van der Waals surface area contributed by atoms with Crippen LogP contribution in [0.5, 0.6) is 5.75 Å². The van der Waals surface area contributed by atoms with Gasteiger partial charge in [-0.3, -0.25) is 0 Å². The average Bonchev–Trinajstić information content (AvgIpc) is 2.38. The summed E-state index contributed by atoms with van der Waals surface area (Å²) < 4.78 is 5.58. The van der Waals surface area contributed by atoms with Gasteiger partial charge in [-0.1, -0.05) is 30.3 Å². The Labute approximate surface area is 101 Å². The second-order valence-electron chi connectivity index (χ2n) is 3.92. The zero-order valence-corrected chi connectivity index (χ0v) is 9.89. The van der Waals surface area contributed by atoms with E-state index in [1.165, 1.54) is 0 Å². The molecule has 0 aliphatic rings. The maximum absolute atomic E-state index is 9.26. The molecule has 2 aromatic carbocycles. The van der Waals surface area contributed by atoms with Crippen molar-refractivity contribution in [3.63, 3.8) is 0 Å². The Morgan fingerprint density at radius 2 is 2.00 bits per heavy atom. The molecule has 0 radical (unpaired) electrons. The minimum absolute atomic E-state index is 0.0892. The van der Waals surface area contributed by atoms with Crippen LogP contribution in [0.2, 0.25) is 0 Å². The number of fused-ring (bicyclic) bond motifs is 1. The zero-order chi connectivity index (χ0) is 12.3. The van der Waals surface area contributed by atoms with Crippen molar-refractivity contribution in [3.05, 3.63) is 42.0 Å². The quantitative estimate of drug-likeness (QED) is 0.848. The molecular formula is C14H17NO2. The predicted octanol–water partition coefficient (Wildman–Crippen LogP) is 2.23. The fourth-order valence-corrected chi connectivity index (χ4v) is 2.03. The highest BCUT2D eigenvalue weighted by molar-refractivity contribution is 5.88. The first kappa shape index (κ1) is 11.9. The molecule has 0 spiro atoms. The standard InChI is InChI=1S/C14H17NO2/c1-2-17-13-8-7-10-5-3-4-6-11(10)14(13)12(15)9-16/h3-8,12,16H,2,9,15H2,1H3/t12-/m1/s1. The monoisotopic (exact) mass is 231 g/mol. The third-order valence-electron chi connectivity index (χ3n) is 2.80. The van der Waals surface area contributed by atoms with Gasteiger partial charge in [0.2, 0.25) is 0 Å². The lowest BCUT2D eigenvalue weighted by molar-refractivity contribution is 0.262. The summed E-state index contributed by atoms with van der Waals surface area (Å²) in [4.78, 5) is 0. The van der Waals surface area contributed by atoms with Gasteiger partial charge in [-0.15, -0.1) is 0 Å². The van der Waals surface area contributed by atoms with Crippen molar-refractivity contribution in [1.82, 2.24) is 0 Å². The fraction of sp³-hybridized carbons (Fsp3) is 0.286. The van der Waals surface area contributed by atoms with E-state index in [-0.39, 0.29) is 6.61 Å². The van der Waals surface area contributed by atoms with Gasteiger partial charge in [0.1, 0.15) is 5.75 Å². The number of hydrogen-bond acceptors (Lipinski definition) is 3. The summed E-state index contributed by atoms with van der Waals surface area (Å²) in [6.07, 6.45) is 0. The van der Waals surface area contributed by atoms with E-state index in [0.717, 1.165) is 22.1 Å². The number of aliphatic hydroxyl groups is 1. The van der Waals surface area contributed by atoms with Crippen molar-refractivity contribution in [2.45, 2.75) is 13.0 Å². The number of hydrogen-bond donors (Lipinski definition) is 2. The number of rotatable bonds is 4. The van der Waals surface area contributed by atoms with Gasteiger partial charge in [-0.25, -0.2) is 0 Å². The molecule has 2 aromatic rings. The molecule has 3 N–H and O–H groups in total. The van der Waals surface area contributed by atoms with Gasteiger partial charge in [0, 0.05) is 5.56 Å². The van der Waals surface area contributed by atoms with Crippen molar-refractivity contribution in [1.29, 1.82) is 0 Å². The summed E-state index contributed by atoms with van der Waals surface area (Å²) in [6.45, 7) is 2.43. The lowest BCUT2D eigenvalue weighted by Crippen LogP contribution is -2.16. The molecule has 1 atom stereocenters. The minimum Gasteiger partial charge on any atom is -0.494 e. The molecule has 0 saturated heterocycles.